The number of aliphatic hydroxyl groups excluding tert-OH is 1. The van der Waals surface area contributed by atoms with Gasteiger partial charge in [-0.15, -0.1) is 0 Å². The smallest absolute Gasteiger partial charge is 0.305 e. The average molecular weight is 400 g/mol. The SMILES string of the molecule is CCCCCC(CCCCC)CCOC(=O)CCCCCCCNCCCO. The van der Waals surface area contributed by atoms with Crippen LogP contribution in [-0.2, 0) is 9.53 Å². The van der Waals surface area contributed by atoms with E-state index in [1.807, 2.05) is 0 Å². The van der Waals surface area contributed by atoms with E-state index >= 15 is 0 Å². The predicted molar refractivity (Wildman–Crippen MR) is 120 cm³/mol. The Kier molecular flexibility index (Phi) is 22.2. The fourth-order valence-electron chi connectivity index (χ4n) is 3.59. The molecule has 0 radical (unpaired) electrons. The van der Waals surface area contributed by atoms with Crippen LogP contribution in [0.4, 0.5) is 0 Å². The van der Waals surface area contributed by atoms with E-state index in [2.05, 4.69) is 19.2 Å². The number of esters is 1. The van der Waals surface area contributed by atoms with Crippen LogP contribution in [0, 0.1) is 5.92 Å². The van der Waals surface area contributed by atoms with Crippen LogP contribution < -0.4 is 5.32 Å². The van der Waals surface area contributed by atoms with E-state index in [0.717, 1.165) is 44.7 Å². The summed E-state index contributed by atoms with van der Waals surface area (Å²) >= 11 is 0. The zero-order valence-corrected chi connectivity index (χ0v) is 19.0. The van der Waals surface area contributed by atoms with Crippen molar-refractivity contribution >= 4 is 5.97 Å². The molecule has 0 saturated heterocycles. The van der Waals surface area contributed by atoms with Crippen molar-refractivity contribution in [1.82, 2.24) is 5.32 Å². The lowest BCUT2D eigenvalue weighted by Gasteiger charge is -2.16. The van der Waals surface area contributed by atoms with E-state index in [-0.39, 0.29) is 12.6 Å². The number of nitrogens with one attached hydrogen (secondary N) is 1. The molecule has 2 N–H and O–H groups in total. The third-order valence-corrected chi connectivity index (χ3v) is 5.47. The van der Waals surface area contributed by atoms with Crippen LogP contribution in [0.2, 0.25) is 0 Å². The van der Waals surface area contributed by atoms with Crippen LogP contribution in [0.25, 0.3) is 0 Å². The molecule has 0 aromatic heterocycles. The molecule has 0 rings (SSSR count). The van der Waals surface area contributed by atoms with Crippen LogP contribution in [0.5, 0.6) is 0 Å². The molecule has 168 valence electrons. The molecule has 0 aromatic rings. The number of unbranched alkanes of at least 4 members (excludes halogenated alkanes) is 8. The first-order chi connectivity index (χ1) is 13.7. The molecule has 0 atom stereocenters. The Bertz CT molecular complexity index is 313. The minimum absolute atomic E-state index is 0.00784. The highest BCUT2D eigenvalue weighted by Gasteiger charge is 2.10. The number of hydrogen-bond acceptors (Lipinski definition) is 4. The van der Waals surface area contributed by atoms with E-state index in [1.165, 1.54) is 70.6 Å². The zero-order valence-electron chi connectivity index (χ0n) is 19.0. The van der Waals surface area contributed by atoms with E-state index in [9.17, 15) is 4.79 Å². The van der Waals surface area contributed by atoms with E-state index < -0.39 is 0 Å². The minimum atomic E-state index is -0.00784. The summed E-state index contributed by atoms with van der Waals surface area (Å²) in [4.78, 5) is 11.9. The van der Waals surface area contributed by atoms with Crippen LogP contribution in [-0.4, -0.2) is 37.4 Å². The van der Waals surface area contributed by atoms with Crippen molar-refractivity contribution in [3.05, 3.63) is 0 Å². The van der Waals surface area contributed by atoms with Crippen molar-refractivity contribution < 1.29 is 14.6 Å². The van der Waals surface area contributed by atoms with Crippen molar-refractivity contribution in [1.29, 1.82) is 0 Å². The molecule has 4 nitrogen and oxygen atoms in total. The third kappa shape index (κ3) is 20.1. The average Bonchev–Trinajstić information content (AvgIpc) is 2.69. The van der Waals surface area contributed by atoms with Gasteiger partial charge in [-0.25, -0.2) is 0 Å². The van der Waals surface area contributed by atoms with Gasteiger partial charge in [0.2, 0.25) is 0 Å². The number of carbonyl (C=O) groups is 1. The monoisotopic (exact) mass is 399 g/mol. The summed E-state index contributed by atoms with van der Waals surface area (Å²) in [5.41, 5.74) is 0. The lowest BCUT2D eigenvalue weighted by molar-refractivity contribution is -0.144. The molecule has 0 aliphatic heterocycles. The zero-order chi connectivity index (χ0) is 20.7. The summed E-state index contributed by atoms with van der Waals surface area (Å²) in [5, 5.41) is 12.0. The van der Waals surface area contributed by atoms with E-state index in [4.69, 9.17) is 9.84 Å². The van der Waals surface area contributed by atoms with Crippen LogP contribution in [0.15, 0.2) is 0 Å². The summed E-state index contributed by atoms with van der Waals surface area (Å²) in [6.45, 7) is 7.32. The van der Waals surface area contributed by atoms with Gasteiger partial charge in [-0.2, -0.15) is 0 Å². The first-order valence-corrected chi connectivity index (χ1v) is 12.2. The highest BCUT2D eigenvalue weighted by molar-refractivity contribution is 5.69. The molecule has 0 heterocycles. The topological polar surface area (TPSA) is 58.6 Å². The second-order valence-corrected chi connectivity index (χ2v) is 8.21. The normalized spacial score (nSPS) is 11.3. The lowest BCUT2D eigenvalue weighted by atomic mass is 9.92. The van der Waals surface area contributed by atoms with Gasteiger partial charge in [-0.3, -0.25) is 4.79 Å². The van der Waals surface area contributed by atoms with Crippen LogP contribution >= 0.6 is 0 Å². The van der Waals surface area contributed by atoms with Gasteiger partial charge >= 0.3 is 5.97 Å². The van der Waals surface area contributed by atoms with E-state index in [0.29, 0.717) is 13.0 Å². The van der Waals surface area contributed by atoms with Crippen molar-refractivity contribution in [2.75, 3.05) is 26.3 Å². The number of carbonyl (C=O) groups excluding carboxylic acids is 1. The lowest BCUT2D eigenvalue weighted by Crippen LogP contribution is -2.17. The molecule has 28 heavy (non-hydrogen) atoms. The summed E-state index contributed by atoms with van der Waals surface area (Å²) in [6, 6.07) is 0. The summed E-state index contributed by atoms with van der Waals surface area (Å²) in [7, 11) is 0. The summed E-state index contributed by atoms with van der Waals surface area (Å²) < 4.78 is 5.50. The molecule has 0 aliphatic carbocycles. The first-order valence-electron chi connectivity index (χ1n) is 12.2. The Morgan fingerprint density at radius 2 is 1.39 bits per heavy atom. The maximum Gasteiger partial charge on any atom is 0.305 e. The Hall–Kier alpha value is -0.610. The number of ether oxygens (including phenoxy) is 1. The quantitative estimate of drug-likeness (QED) is 0.173. The Labute approximate surface area is 175 Å². The number of hydrogen-bond donors (Lipinski definition) is 2. The molecule has 4 heteroatoms. The standard InChI is InChI=1S/C24H49NO3/c1-3-5-10-15-23(16-11-6-4-2)18-22-28-24(27)17-12-8-7-9-13-19-25-20-14-21-26/h23,25-26H,3-22H2,1-2H3. The van der Waals surface area contributed by atoms with Gasteiger partial charge in [0.25, 0.3) is 0 Å². The van der Waals surface area contributed by atoms with Crippen molar-refractivity contribution in [3.8, 4) is 0 Å². The maximum absolute atomic E-state index is 11.9. The highest BCUT2D eigenvalue weighted by Crippen LogP contribution is 2.21. The fraction of sp³-hybridized carbons (Fsp3) is 0.958. The molecule has 0 saturated carbocycles. The maximum atomic E-state index is 11.9. The van der Waals surface area contributed by atoms with Crippen molar-refractivity contribution in [2.24, 2.45) is 5.92 Å². The van der Waals surface area contributed by atoms with Gasteiger partial charge in [-0.05, 0) is 44.7 Å². The van der Waals surface area contributed by atoms with Crippen molar-refractivity contribution in [2.45, 2.75) is 117 Å². The first kappa shape index (κ1) is 27.4. The molecule has 0 bridgehead atoms. The molecule has 0 unspecified atom stereocenters. The molecule has 0 aliphatic rings. The molecular formula is C24H49NO3. The van der Waals surface area contributed by atoms with Gasteiger partial charge in [0.1, 0.15) is 0 Å². The molecule has 0 aromatic carbocycles. The largest absolute Gasteiger partial charge is 0.466 e. The third-order valence-electron chi connectivity index (χ3n) is 5.47. The predicted octanol–water partition coefficient (Wildman–Crippen LogP) is 6.01. The van der Waals surface area contributed by atoms with Gasteiger partial charge in [0, 0.05) is 13.0 Å². The fourth-order valence-corrected chi connectivity index (χ4v) is 3.59. The second kappa shape index (κ2) is 22.7. The van der Waals surface area contributed by atoms with Gasteiger partial charge in [-0.1, -0.05) is 84.5 Å². The highest BCUT2D eigenvalue weighted by atomic mass is 16.5. The molecule has 0 amide bonds. The Balaban J connectivity index is 3.60. The summed E-state index contributed by atoms with van der Waals surface area (Å²) in [5.74, 6) is 0.725. The number of aliphatic hydroxyl groups is 1. The second-order valence-electron chi connectivity index (χ2n) is 8.21. The Morgan fingerprint density at radius 1 is 0.786 bits per heavy atom. The molecular weight excluding hydrogens is 350 g/mol. The molecule has 0 fully saturated rings. The molecule has 0 spiro atoms. The van der Waals surface area contributed by atoms with Gasteiger partial charge in [0.15, 0.2) is 0 Å². The summed E-state index contributed by atoms with van der Waals surface area (Å²) in [6.07, 6.45) is 18.5. The number of rotatable bonds is 22. The van der Waals surface area contributed by atoms with Gasteiger partial charge < -0.3 is 15.2 Å². The van der Waals surface area contributed by atoms with Gasteiger partial charge in [0.05, 0.1) is 6.61 Å². The van der Waals surface area contributed by atoms with Crippen LogP contribution in [0.1, 0.15) is 117 Å². The van der Waals surface area contributed by atoms with E-state index in [1.54, 1.807) is 0 Å². The van der Waals surface area contributed by atoms with Crippen molar-refractivity contribution in [3.63, 3.8) is 0 Å². The minimum Gasteiger partial charge on any atom is -0.466 e. The van der Waals surface area contributed by atoms with Crippen LogP contribution in [0.3, 0.4) is 0 Å². The Morgan fingerprint density at radius 3 is 2.04 bits per heavy atom.